The van der Waals surface area contributed by atoms with Crippen molar-refractivity contribution < 1.29 is 9.47 Å². The lowest BCUT2D eigenvalue weighted by Gasteiger charge is -2.21. The first-order valence-electron chi connectivity index (χ1n) is 7.68. The highest BCUT2D eigenvalue weighted by Gasteiger charge is 2.33. The minimum Gasteiger partial charge on any atom is -0.377 e. The standard InChI is InChI=1S/C17H28N2O2/c1-12(2)13-5-7-14(8-6-13)15(18)9-19-10-16(20-3)17(11-19)21-4/h5-8,12,15-17H,9-11,18H2,1-4H3. The molecule has 0 amide bonds. The molecule has 0 aliphatic carbocycles. The van der Waals surface area contributed by atoms with Gasteiger partial charge < -0.3 is 15.2 Å². The summed E-state index contributed by atoms with van der Waals surface area (Å²) in [6.45, 7) is 7.00. The van der Waals surface area contributed by atoms with Crippen molar-refractivity contribution >= 4 is 0 Å². The van der Waals surface area contributed by atoms with E-state index < -0.39 is 0 Å². The van der Waals surface area contributed by atoms with Gasteiger partial charge >= 0.3 is 0 Å². The van der Waals surface area contributed by atoms with Crippen molar-refractivity contribution in [3.63, 3.8) is 0 Å². The van der Waals surface area contributed by atoms with Crippen LogP contribution in [0.25, 0.3) is 0 Å². The van der Waals surface area contributed by atoms with Gasteiger partial charge in [-0.05, 0) is 17.0 Å². The van der Waals surface area contributed by atoms with Crippen molar-refractivity contribution in [2.45, 2.75) is 38.0 Å². The van der Waals surface area contributed by atoms with Crippen LogP contribution in [0.2, 0.25) is 0 Å². The summed E-state index contributed by atoms with van der Waals surface area (Å²) < 4.78 is 10.9. The van der Waals surface area contributed by atoms with Gasteiger partial charge in [-0.1, -0.05) is 38.1 Å². The number of methoxy groups -OCH3 is 2. The average molecular weight is 292 g/mol. The molecule has 1 aliphatic rings. The second-order valence-electron chi connectivity index (χ2n) is 6.19. The predicted octanol–water partition coefficient (Wildman–Crippen LogP) is 2.16. The third kappa shape index (κ3) is 4.04. The summed E-state index contributed by atoms with van der Waals surface area (Å²) in [6, 6.07) is 8.69. The van der Waals surface area contributed by atoms with Crippen molar-refractivity contribution in [3.05, 3.63) is 35.4 Å². The highest BCUT2D eigenvalue weighted by molar-refractivity contribution is 5.26. The maximum absolute atomic E-state index is 6.35. The molecule has 3 atom stereocenters. The number of benzene rings is 1. The van der Waals surface area contributed by atoms with Crippen molar-refractivity contribution in [1.29, 1.82) is 0 Å². The zero-order chi connectivity index (χ0) is 15.4. The second-order valence-corrected chi connectivity index (χ2v) is 6.19. The van der Waals surface area contributed by atoms with E-state index in [2.05, 4.69) is 43.0 Å². The normalized spacial score (nSPS) is 24.7. The van der Waals surface area contributed by atoms with Crippen LogP contribution in [0.3, 0.4) is 0 Å². The van der Waals surface area contributed by atoms with Gasteiger partial charge in [0.1, 0.15) is 0 Å². The van der Waals surface area contributed by atoms with Gasteiger partial charge in [-0.25, -0.2) is 0 Å². The van der Waals surface area contributed by atoms with Gasteiger partial charge in [-0.2, -0.15) is 0 Å². The Morgan fingerprint density at radius 1 is 1.05 bits per heavy atom. The molecule has 1 heterocycles. The van der Waals surface area contributed by atoms with Crippen molar-refractivity contribution in [2.75, 3.05) is 33.9 Å². The Balaban J connectivity index is 1.94. The molecular formula is C17H28N2O2. The molecule has 0 spiro atoms. The number of likely N-dealkylation sites (tertiary alicyclic amines) is 1. The quantitative estimate of drug-likeness (QED) is 0.873. The molecule has 2 rings (SSSR count). The number of rotatable bonds is 6. The Kier molecular flexibility index (Phi) is 5.76. The second kappa shape index (κ2) is 7.36. The van der Waals surface area contributed by atoms with Crippen molar-refractivity contribution in [3.8, 4) is 0 Å². The van der Waals surface area contributed by atoms with Gasteiger partial charge in [-0.3, -0.25) is 4.90 Å². The van der Waals surface area contributed by atoms with E-state index in [1.807, 2.05) is 0 Å². The molecule has 1 aliphatic heterocycles. The summed E-state index contributed by atoms with van der Waals surface area (Å²) in [5.41, 5.74) is 8.89. The Labute approximate surface area is 128 Å². The van der Waals surface area contributed by atoms with Gasteiger partial charge in [0.25, 0.3) is 0 Å². The fourth-order valence-corrected chi connectivity index (χ4v) is 2.93. The molecule has 1 saturated heterocycles. The van der Waals surface area contributed by atoms with Crippen LogP contribution in [0.4, 0.5) is 0 Å². The third-order valence-electron chi connectivity index (χ3n) is 4.38. The van der Waals surface area contributed by atoms with E-state index in [1.165, 1.54) is 11.1 Å². The highest BCUT2D eigenvalue weighted by atomic mass is 16.5. The molecule has 1 aromatic carbocycles. The molecule has 4 heteroatoms. The minimum atomic E-state index is 0.0272. The van der Waals surface area contributed by atoms with E-state index in [0.717, 1.165) is 19.6 Å². The largest absolute Gasteiger partial charge is 0.377 e. The van der Waals surface area contributed by atoms with Gasteiger partial charge in [-0.15, -0.1) is 0 Å². The first-order chi connectivity index (χ1) is 10.0. The van der Waals surface area contributed by atoms with E-state index in [-0.39, 0.29) is 18.2 Å². The molecule has 0 radical (unpaired) electrons. The molecule has 21 heavy (non-hydrogen) atoms. The molecule has 4 nitrogen and oxygen atoms in total. The van der Waals surface area contributed by atoms with Gasteiger partial charge in [0, 0.05) is 39.9 Å². The minimum absolute atomic E-state index is 0.0272. The molecule has 3 unspecified atom stereocenters. The molecule has 1 fully saturated rings. The van der Waals surface area contributed by atoms with Crippen LogP contribution in [-0.2, 0) is 9.47 Å². The van der Waals surface area contributed by atoms with E-state index in [1.54, 1.807) is 14.2 Å². The maximum Gasteiger partial charge on any atom is 0.0971 e. The predicted molar refractivity (Wildman–Crippen MR) is 85.5 cm³/mol. The fourth-order valence-electron chi connectivity index (χ4n) is 2.93. The molecule has 0 aromatic heterocycles. The van der Waals surface area contributed by atoms with Crippen LogP contribution >= 0.6 is 0 Å². The Morgan fingerprint density at radius 3 is 1.95 bits per heavy atom. The Hall–Kier alpha value is -0.940. The van der Waals surface area contributed by atoms with E-state index in [0.29, 0.717) is 5.92 Å². The number of hydrogen-bond donors (Lipinski definition) is 1. The highest BCUT2D eigenvalue weighted by Crippen LogP contribution is 2.21. The molecule has 1 aromatic rings. The molecule has 0 saturated carbocycles. The SMILES string of the molecule is COC1CN(CC(N)c2ccc(C(C)C)cc2)CC1OC. The summed E-state index contributed by atoms with van der Waals surface area (Å²) in [4.78, 5) is 2.32. The fraction of sp³-hybridized carbons (Fsp3) is 0.647. The van der Waals surface area contributed by atoms with Crippen LogP contribution in [0.1, 0.15) is 36.9 Å². The number of ether oxygens (including phenoxy) is 2. The van der Waals surface area contributed by atoms with Crippen LogP contribution in [0.5, 0.6) is 0 Å². The van der Waals surface area contributed by atoms with Crippen LogP contribution in [-0.4, -0.2) is 51.0 Å². The lowest BCUT2D eigenvalue weighted by atomic mass is 9.99. The van der Waals surface area contributed by atoms with Crippen molar-refractivity contribution in [2.24, 2.45) is 5.73 Å². The summed E-state index contributed by atoms with van der Waals surface area (Å²) in [5.74, 6) is 0.554. The van der Waals surface area contributed by atoms with E-state index in [9.17, 15) is 0 Å². The van der Waals surface area contributed by atoms with Crippen LogP contribution in [0, 0.1) is 0 Å². The Bertz CT molecular complexity index is 421. The number of nitrogens with zero attached hydrogens (tertiary/aromatic N) is 1. The average Bonchev–Trinajstić information content (AvgIpc) is 2.89. The monoisotopic (exact) mass is 292 g/mol. The van der Waals surface area contributed by atoms with Crippen LogP contribution in [0.15, 0.2) is 24.3 Å². The van der Waals surface area contributed by atoms with Gasteiger partial charge in [0.05, 0.1) is 12.2 Å². The lowest BCUT2D eigenvalue weighted by Crippen LogP contribution is -2.31. The number of nitrogens with two attached hydrogens (primary N) is 1. The summed E-state index contributed by atoms with van der Waals surface area (Å²) in [6.07, 6.45) is 0.288. The van der Waals surface area contributed by atoms with Crippen LogP contribution < -0.4 is 5.73 Å². The lowest BCUT2D eigenvalue weighted by molar-refractivity contribution is -0.00461. The summed E-state index contributed by atoms with van der Waals surface area (Å²) in [7, 11) is 3.48. The first-order valence-corrected chi connectivity index (χ1v) is 7.68. The summed E-state index contributed by atoms with van der Waals surface area (Å²) >= 11 is 0. The molecule has 2 N–H and O–H groups in total. The van der Waals surface area contributed by atoms with Gasteiger partial charge in [0.2, 0.25) is 0 Å². The van der Waals surface area contributed by atoms with E-state index in [4.69, 9.17) is 15.2 Å². The van der Waals surface area contributed by atoms with Crippen molar-refractivity contribution in [1.82, 2.24) is 4.90 Å². The zero-order valence-corrected chi connectivity index (χ0v) is 13.6. The smallest absolute Gasteiger partial charge is 0.0971 e. The number of hydrogen-bond acceptors (Lipinski definition) is 4. The molecule has 118 valence electrons. The topological polar surface area (TPSA) is 47.7 Å². The summed E-state index contributed by atoms with van der Waals surface area (Å²) in [5, 5.41) is 0. The third-order valence-corrected chi connectivity index (χ3v) is 4.38. The van der Waals surface area contributed by atoms with Gasteiger partial charge in [0.15, 0.2) is 0 Å². The zero-order valence-electron chi connectivity index (χ0n) is 13.6. The van der Waals surface area contributed by atoms with E-state index >= 15 is 0 Å². The first kappa shape index (κ1) is 16.4. The Morgan fingerprint density at radius 2 is 1.52 bits per heavy atom. The molecule has 0 bridgehead atoms. The maximum atomic E-state index is 6.35. The molecular weight excluding hydrogens is 264 g/mol.